The molecule has 1 N–H and O–H groups in total. The maximum atomic E-state index is 11.9. The molecule has 0 aliphatic carbocycles. The van der Waals surface area contributed by atoms with Gasteiger partial charge < -0.3 is 10.1 Å². The first-order valence-electron chi connectivity index (χ1n) is 5.89. The Hall–Kier alpha value is -0.840. The number of nitrogens with one attached hydrogen (secondary N) is 1. The number of hydrogen-bond donors (Lipinski definition) is 1. The molecule has 0 fully saturated rings. The Bertz CT molecular complexity index is 697. The summed E-state index contributed by atoms with van der Waals surface area (Å²) >= 11 is 29.5. The van der Waals surface area contributed by atoms with Gasteiger partial charge >= 0.3 is 0 Å². The second-order valence-electron chi connectivity index (χ2n) is 4.16. The molecule has 0 aliphatic rings. The molecule has 1 amide bonds. The number of carbonyl (C=O) groups is 1. The number of rotatable bonds is 4. The van der Waals surface area contributed by atoms with Crippen molar-refractivity contribution in [2.75, 3.05) is 11.9 Å². The Kier molecular flexibility index (Phi) is 6.07. The molecule has 0 aliphatic heterocycles. The predicted molar refractivity (Wildman–Crippen MR) is 92.1 cm³/mol. The van der Waals surface area contributed by atoms with E-state index in [0.717, 1.165) is 0 Å². The smallest absolute Gasteiger partial charge is 0.262 e. The van der Waals surface area contributed by atoms with E-state index < -0.39 is 5.91 Å². The van der Waals surface area contributed by atoms with Crippen LogP contribution in [-0.4, -0.2) is 12.5 Å². The van der Waals surface area contributed by atoms with Gasteiger partial charge in [-0.1, -0.05) is 58.0 Å². The molecule has 22 heavy (non-hydrogen) atoms. The van der Waals surface area contributed by atoms with Crippen molar-refractivity contribution < 1.29 is 9.53 Å². The fourth-order valence-corrected chi connectivity index (χ4v) is 2.81. The van der Waals surface area contributed by atoms with Gasteiger partial charge in [0.25, 0.3) is 5.91 Å². The van der Waals surface area contributed by atoms with Gasteiger partial charge in [0.15, 0.2) is 6.61 Å². The van der Waals surface area contributed by atoms with E-state index in [1.165, 1.54) is 18.2 Å². The van der Waals surface area contributed by atoms with Crippen LogP contribution < -0.4 is 10.1 Å². The highest BCUT2D eigenvalue weighted by molar-refractivity contribution is 6.42. The molecule has 0 heterocycles. The summed E-state index contributed by atoms with van der Waals surface area (Å²) in [6, 6.07) is 7.64. The zero-order valence-corrected chi connectivity index (χ0v) is 14.6. The molecule has 0 atom stereocenters. The molecule has 0 spiro atoms. The summed E-state index contributed by atoms with van der Waals surface area (Å²) in [6.45, 7) is -0.282. The zero-order chi connectivity index (χ0) is 16.3. The van der Waals surface area contributed by atoms with Crippen LogP contribution in [0.2, 0.25) is 25.1 Å². The van der Waals surface area contributed by atoms with E-state index in [2.05, 4.69) is 5.32 Å². The molecule has 3 nitrogen and oxygen atoms in total. The Labute approximate surface area is 152 Å². The summed E-state index contributed by atoms with van der Waals surface area (Å²) in [5.41, 5.74) is 0.263. The molecule has 0 aromatic heterocycles. The SMILES string of the molecule is O=C(COc1cc(Cl)ccc1Cl)Nc1c(Cl)cc(Cl)cc1Cl. The summed E-state index contributed by atoms with van der Waals surface area (Å²) in [4.78, 5) is 11.9. The average Bonchev–Trinajstić information content (AvgIpc) is 2.44. The number of amides is 1. The van der Waals surface area contributed by atoms with Crippen LogP contribution in [0.3, 0.4) is 0 Å². The van der Waals surface area contributed by atoms with E-state index in [-0.39, 0.29) is 22.3 Å². The van der Waals surface area contributed by atoms with Crippen molar-refractivity contribution in [3.63, 3.8) is 0 Å². The first kappa shape index (κ1) is 17.5. The fourth-order valence-electron chi connectivity index (χ4n) is 1.57. The summed E-state index contributed by atoms with van der Waals surface area (Å²) in [6.07, 6.45) is 0. The lowest BCUT2D eigenvalue weighted by atomic mass is 10.3. The first-order valence-corrected chi connectivity index (χ1v) is 7.78. The van der Waals surface area contributed by atoms with E-state index in [1.54, 1.807) is 12.1 Å². The third-order valence-corrected chi connectivity index (χ3v) is 3.89. The van der Waals surface area contributed by atoms with Gasteiger partial charge in [-0.25, -0.2) is 0 Å². The average molecular weight is 399 g/mol. The highest BCUT2D eigenvalue weighted by Gasteiger charge is 2.12. The molecule has 8 heteroatoms. The van der Waals surface area contributed by atoms with Gasteiger partial charge in [-0.3, -0.25) is 4.79 Å². The lowest BCUT2D eigenvalue weighted by molar-refractivity contribution is -0.118. The maximum Gasteiger partial charge on any atom is 0.262 e. The van der Waals surface area contributed by atoms with Crippen molar-refractivity contribution in [3.8, 4) is 5.75 Å². The number of benzene rings is 2. The monoisotopic (exact) mass is 397 g/mol. The molecule has 0 unspecified atom stereocenters. The van der Waals surface area contributed by atoms with Crippen molar-refractivity contribution in [2.45, 2.75) is 0 Å². The lowest BCUT2D eigenvalue weighted by Crippen LogP contribution is -2.20. The third kappa shape index (κ3) is 4.58. The van der Waals surface area contributed by atoms with Gasteiger partial charge in [0.05, 0.1) is 20.8 Å². The van der Waals surface area contributed by atoms with Crippen LogP contribution in [0.25, 0.3) is 0 Å². The minimum absolute atomic E-state index is 0.228. The van der Waals surface area contributed by atoms with E-state index in [4.69, 9.17) is 62.7 Å². The first-order chi connectivity index (χ1) is 10.4. The van der Waals surface area contributed by atoms with Crippen molar-refractivity contribution in [2.24, 2.45) is 0 Å². The molecule has 0 bridgehead atoms. The Morgan fingerprint density at radius 1 is 0.909 bits per heavy atom. The molecule has 116 valence electrons. The molecular formula is C14H8Cl5NO2. The van der Waals surface area contributed by atoms with Crippen molar-refractivity contribution in [1.82, 2.24) is 0 Å². The highest BCUT2D eigenvalue weighted by atomic mass is 35.5. The Balaban J connectivity index is 2.03. The van der Waals surface area contributed by atoms with E-state index >= 15 is 0 Å². The molecule has 0 saturated heterocycles. The van der Waals surface area contributed by atoms with Crippen LogP contribution in [0.5, 0.6) is 5.75 Å². The topological polar surface area (TPSA) is 38.3 Å². The minimum atomic E-state index is -0.456. The van der Waals surface area contributed by atoms with Crippen LogP contribution in [0.15, 0.2) is 30.3 Å². The summed E-state index contributed by atoms with van der Waals surface area (Å²) in [5, 5.41) is 4.17. The second kappa shape index (κ2) is 7.62. The van der Waals surface area contributed by atoms with Gasteiger partial charge in [0.1, 0.15) is 5.75 Å². The Morgan fingerprint density at radius 2 is 1.55 bits per heavy atom. The second-order valence-corrected chi connectivity index (χ2v) is 6.25. The predicted octanol–water partition coefficient (Wildman–Crippen LogP) is 5.97. The van der Waals surface area contributed by atoms with Crippen LogP contribution in [0.1, 0.15) is 0 Å². The summed E-state index contributed by atoms with van der Waals surface area (Å²) in [5.74, 6) is -0.153. The van der Waals surface area contributed by atoms with Gasteiger partial charge in [-0.2, -0.15) is 0 Å². The number of ether oxygens (including phenoxy) is 1. The van der Waals surface area contributed by atoms with Crippen LogP contribution in [-0.2, 0) is 4.79 Å². The van der Waals surface area contributed by atoms with E-state index in [9.17, 15) is 4.79 Å². The molecule has 2 aromatic carbocycles. The number of carbonyl (C=O) groups excluding carboxylic acids is 1. The standard InChI is InChI=1S/C14H8Cl5NO2/c15-7-1-2-9(17)12(5-7)22-6-13(21)20-14-10(18)3-8(16)4-11(14)19/h1-5H,6H2,(H,20,21). The van der Waals surface area contributed by atoms with Crippen molar-refractivity contribution in [1.29, 1.82) is 0 Å². The lowest BCUT2D eigenvalue weighted by Gasteiger charge is -2.11. The molecule has 0 radical (unpaired) electrons. The van der Waals surface area contributed by atoms with Gasteiger partial charge in [0, 0.05) is 16.1 Å². The van der Waals surface area contributed by atoms with E-state index in [1.807, 2.05) is 0 Å². The molecule has 2 rings (SSSR count). The summed E-state index contributed by atoms with van der Waals surface area (Å²) in [7, 11) is 0. The van der Waals surface area contributed by atoms with Crippen LogP contribution in [0, 0.1) is 0 Å². The Morgan fingerprint density at radius 3 is 2.18 bits per heavy atom. The molecular weight excluding hydrogens is 391 g/mol. The normalized spacial score (nSPS) is 10.4. The van der Waals surface area contributed by atoms with E-state index in [0.29, 0.717) is 20.8 Å². The van der Waals surface area contributed by atoms with Crippen LogP contribution >= 0.6 is 58.0 Å². The fraction of sp³-hybridized carbons (Fsp3) is 0.0714. The molecule has 0 saturated carbocycles. The molecule has 2 aromatic rings. The third-order valence-electron chi connectivity index (χ3n) is 2.52. The van der Waals surface area contributed by atoms with Crippen molar-refractivity contribution in [3.05, 3.63) is 55.4 Å². The minimum Gasteiger partial charge on any atom is -0.482 e. The number of hydrogen-bond acceptors (Lipinski definition) is 2. The zero-order valence-electron chi connectivity index (χ0n) is 10.8. The van der Waals surface area contributed by atoms with Gasteiger partial charge in [-0.05, 0) is 24.3 Å². The number of halogens is 5. The number of anilines is 1. The maximum absolute atomic E-state index is 11.9. The van der Waals surface area contributed by atoms with Crippen molar-refractivity contribution >= 4 is 69.6 Å². The largest absolute Gasteiger partial charge is 0.482 e. The summed E-state index contributed by atoms with van der Waals surface area (Å²) < 4.78 is 5.31. The highest BCUT2D eigenvalue weighted by Crippen LogP contribution is 2.33. The van der Waals surface area contributed by atoms with Gasteiger partial charge in [-0.15, -0.1) is 0 Å². The quantitative estimate of drug-likeness (QED) is 0.688. The van der Waals surface area contributed by atoms with Gasteiger partial charge in [0.2, 0.25) is 0 Å². The van der Waals surface area contributed by atoms with Crippen LogP contribution in [0.4, 0.5) is 5.69 Å².